The number of carbonyl (C=O) groups is 2. The molecule has 1 saturated heterocycles. The fraction of sp³-hybridized carbons (Fsp3) is 0.909. The molecule has 0 spiro atoms. The van der Waals surface area contributed by atoms with Crippen molar-refractivity contribution in [2.24, 2.45) is 5.92 Å². The highest BCUT2D eigenvalue weighted by molar-refractivity contribution is 7.90. The van der Waals surface area contributed by atoms with E-state index in [1.807, 2.05) is 13.8 Å². The fourth-order valence-electron chi connectivity index (χ4n) is 4.03. The van der Waals surface area contributed by atoms with Crippen molar-refractivity contribution < 1.29 is 23.1 Å². The Labute approximate surface area is 187 Å². The number of nitrogens with zero attached hydrogens (tertiary/aromatic N) is 1. The van der Waals surface area contributed by atoms with Crippen molar-refractivity contribution >= 4 is 21.8 Å². The van der Waals surface area contributed by atoms with Gasteiger partial charge >= 0.3 is 0 Å². The van der Waals surface area contributed by atoms with E-state index in [-0.39, 0.29) is 35.4 Å². The zero-order valence-electron chi connectivity index (χ0n) is 19.4. The maximum Gasteiger partial charge on any atom is 0.224 e. The number of amides is 2. The van der Waals surface area contributed by atoms with E-state index < -0.39 is 15.6 Å². The van der Waals surface area contributed by atoms with Crippen molar-refractivity contribution in [2.45, 2.75) is 101 Å². The van der Waals surface area contributed by atoms with Gasteiger partial charge in [0.1, 0.15) is 0 Å². The third-order valence-corrected chi connectivity index (χ3v) is 8.40. The first-order valence-electron chi connectivity index (χ1n) is 11.8. The van der Waals surface area contributed by atoms with Crippen LogP contribution in [0.2, 0.25) is 0 Å². The largest absolute Gasteiger partial charge is 0.390 e. The Balaban J connectivity index is 1.88. The zero-order valence-corrected chi connectivity index (χ0v) is 20.2. The van der Waals surface area contributed by atoms with Crippen molar-refractivity contribution in [1.82, 2.24) is 14.9 Å². The molecule has 1 aliphatic carbocycles. The smallest absolute Gasteiger partial charge is 0.224 e. The molecule has 3 atom stereocenters. The maximum atomic E-state index is 12.7. The summed E-state index contributed by atoms with van der Waals surface area (Å²) >= 11 is 0. The van der Waals surface area contributed by atoms with E-state index in [1.54, 1.807) is 11.9 Å². The summed E-state index contributed by atoms with van der Waals surface area (Å²) < 4.78 is 26.4. The standard InChI is InChI=1S/C22H41N3O5S/c1-17-8-6-12-22(2,28)13-7-15-25(3)20(26)16-18(24-21(17)27)9-4-5-14-23-31(29,30)19-10-11-19/h17-19,23,28H,4-16H2,1-3H3,(H,24,27)/t17?,18-,22-/m0/s1. The van der Waals surface area contributed by atoms with Crippen LogP contribution in [0.5, 0.6) is 0 Å². The first-order valence-corrected chi connectivity index (χ1v) is 13.3. The molecule has 0 aromatic heterocycles. The topological polar surface area (TPSA) is 116 Å². The first-order chi connectivity index (χ1) is 14.5. The van der Waals surface area contributed by atoms with Crippen LogP contribution in [-0.4, -0.2) is 67.3 Å². The summed E-state index contributed by atoms with van der Waals surface area (Å²) in [5, 5.41) is 13.3. The van der Waals surface area contributed by atoms with E-state index in [0.717, 1.165) is 32.1 Å². The molecule has 2 fully saturated rings. The van der Waals surface area contributed by atoms with Gasteiger partial charge in [0.25, 0.3) is 0 Å². The van der Waals surface area contributed by atoms with Crippen LogP contribution < -0.4 is 10.0 Å². The molecule has 3 N–H and O–H groups in total. The Morgan fingerprint density at radius 3 is 2.52 bits per heavy atom. The molecule has 9 heteroatoms. The minimum atomic E-state index is -3.16. The second kappa shape index (κ2) is 11.6. The molecule has 2 rings (SSSR count). The number of hydrogen-bond acceptors (Lipinski definition) is 5. The van der Waals surface area contributed by atoms with Gasteiger partial charge in [-0.1, -0.05) is 13.3 Å². The monoisotopic (exact) mass is 459 g/mol. The number of sulfonamides is 1. The van der Waals surface area contributed by atoms with Crippen molar-refractivity contribution in [2.75, 3.05) is 20.1 Å². The van der Waals surface area contributed by atoms with Gasteiger partial charge in [0, 0.05) is 38.5 Å². The summed E-state index contributed by atoms with van der Waals surface area (Å²) in [6.45, 7) is 4.68. The van der Waals surface area contributed by atoms with Gasteiger partial charge in [-0.05, 0) is 64.7 Å². The minimum Gasteiger partial charge on any atom is -0.390 e. The molecule has 0 aromatic carbocycles. The third kappa shape index (κ3) is 9.45. The molecule has 0 aromatic rings. The van der Waals surface area contributed by atoms with Gasteiger partial charge in [-0.3, -0.25) is 9.59 Å². The highest BCUT2D eigenvalue weighted by Crippen LogP contribution is 2.27. The molecule has 1 unspecified atom stereocenters. The molecule has 31 heavy (non-hydrogen) atoms. The molecule has 8 nitrogen and oxygen atoms in total. The van der Waals surface area contributed by atoms with Gasteiger partial charge in [-0.25, -0.2) is 13.1 Å². The molecule has 2 aliphatic rings. The van der Waals surface area contributed by atoms with Crippen molar-refractivity contribution in [3.8, 4) is 0 Å². The molecule has 0 bridgehead atoms. The molecule has 1 saturated carbocycles. The molecule has 0 radical (unpaired) electrons. The maximum absolute atomic E-state index is 12.7. The minimum absolute atomic E-state index is 0.0240. The SMILES string of the molecule is CC1CCC[C@](C)(O)CCCN(C)C(=O)C[C@H](CCCCNS(=O)(=O)C2CC2)NC1=O. The summed E-state index contributed by atoms with van der Waals surface area (Å²) in [6.07, 6.45) is 7.25. The number of rotatable bonds is 7. The van der Waals surface area contributed by atoms with Gasteiger partial charge in [0.05, 0.1) is 10.9 Å². The van der Waals surface area contributed by atoms with Gasteiger partial charge in [0.2, 0.25) is 21.8 Å². The molecular weight excluding hydrogens is 418 g/mol. The van der Waals surface area contributed by atoms with Gasteiger partial charge in [-0.15, -0.1) is 0 Å². The van der Waals surface area contributed by atoms with Crippen LogP contribution in [0.3, 0.4) is 0 Å². The molecule has 180 valence electrons. The second-order valence-corrected chi connectivity index (χ2v) is 11.8. The van der Waals surface area contributed by atoms with Crippen LogP contribution in [0.25, 0.3) is 0 Å². The van der Waals surface area contributed by atoms with Gasteiger partial charge in [0.15, 0.2) is 0 Å². The molecular formula is C22H41N3O5S. The van der Waals surface area contributed by atoms with Crippen LogP contribution in [0.1, 0.15) is 84.5 Å². The third-order valence-electron chi connectivity index (χ3n) is 6.45. The summed E-state index contributed by atoms with van der Waals surface area (Å²) in [5.41, 5.74) is -0.770. The van der Waals surface area contributed by atoms with Crippen LogP contribution in [0.15, 0.2) is 0 Å². The number of unbranched alkanes of at least 4 members (excludes halogenated alkanes) is 1. The molecule has 2 amide bonds. The van der Waals surface area contributed by atoms with Gasteiger partial charge < -0.3 is 15.3 Å². The van der Waals surface area contributed by atoms with E-state index >= 15 is 0 Å². The Morgan fingerprint density at radius 1 is 1.16 bits per heavy atom. The Morgan fingerprint density at radius 2 is 1.84 bits per heavy atom. The normalized spacial score (nSPS) is 30.0. The molecule has 1 heterocycles. The van der Waals surface area contributed by atoms with Crippen LogP contribution >= 0.6 is 0 Å². The predicted molar refractivity (Wildman–Crippen MR) is 121 cm³/mol. The Bertz CT molecular complexity index is 674. The summed E-state index contributed by atoms with van der Waals surface area (Å²) in [7, 11) is -1.40. The van der Waals surface area contributed by atoms with Crippen LogP contribution in [-0.2, 0) is 19.6 Å². The number of aliphatic hydroxyl groups is 1. The number of nitrogens with one attached hydrogen (secondary N) is 2. The average Bonchev–Trinajstić information content (AvgIpc) is 3.52. The van der Waals surface area contributed by atoms with Crippen molar-refractivity contribution in [3.63, 3.8) is 0 Å². The molecule has 1 aliphatic heterocycles. The summed E-state index contributed by atoms with van der Waals surface area (Å²) in [6, 6.07) is -0.254. The quantitative estimate of drug-likeness (QED) is 0.503. The zero-order chi connectivity index (χ0) is 23.1. The van der Waals surface area contributed by atoms with Crippen LogP contribution in [0, 0.1) is 5.92 Å². The Kier molecular flexibility index (Phi) is 9.76. The second-order valence-electron chi connectivity index (χ2n) is 9.75. The van der Waals surface area contributed by atoms with Crippen molar-refractivity contribution in [1.29, 1.82) is 0 Å². The van der Waals surface area contributed by atoms with E-state index in [0.29, 0.717) is 45.2 Å². The fourth-order valence-corrected chi connectivity index (χ4v) is 5.45. The highest BCUT2D eigenvalue weighted by atomic mass is 32.2. The summed E-state index contributed by atoms with van der Waals surface area (Å²) in [5.74, 6) is -0.268. The number of carbonyl (C=O) groups excluding carboxylic acids is 2. The van der Waals surface area contributed by atoms with Crippen molar-refractivity contribution in [3.05, 3.63) is 0 Å². The lowest BCUT2D eigenvalue weighted by molar-refractivity contribution is -0.131. The first kappa shape index (κ1) is 26.1. The summed E-state index contributed by atoms with van der Waals surface area (Å²) in [4.78, 5) is 27.0. The van der Waals surface area contributed by atoms with Gasteiger partial charge in [-0.2, -0.15) is 0 Å². The Hall–Kier alpha value is -1.19. The lowest BCUT2D eigenvalue weighted by atomic mass is 9.91. The highest BCUT2D eigenvalue weighted by Gasteiger charge is 2.35. The van der Waals surface area contributed by atoms with E-state index in [4.69, 9.17) is 0 Å². The lowest BCUT2D eigenvalue weighted by Gasteiger charge is -2.28. The lowest BCUT2D eigenvalue weighted by Crippen LogP contribution is -2.42. The predicted octanol–water partition coefficient (Wildman–Crippen LogP) is 1.92. The van der Waals surface area contributed by atoms with E-state index in [2.05, 4.69) is 10.0 Å². The number of hydrogen-bond donors (Lipinski definition) is 3. The van der Waals surface area contributed by atoms with Crippen LogP contribution in [0.4, 0.5) is 0 Å². The van der Waals surface area contributed by atoms with E-state index in [1.165, 1.54) is 0 Å². The van der Waals surface area contributed by atoms with E-state index in [9.17, 15) is 23.1 Å². The average molecular weight is 460 g/mol.